The van der Waals surface area contributed by atoms with Crippen LogP contribution in [0.2, 0.25) is 0 Å². The fraction of sp³-hybridized carbons (Fsp3) is 0.562. The van der Waals surface area contributed by atoms with Gasteiger partial charge in [-0.3, -0.25) is 9.69 Å². The average Bonchev–Trinajstić information content (AvgIpc) is 3.17. The van der Waals surface area contributed by atoms with Gasteiger partial charge in [0, 0.05) is 64.4 Å². The van der Waals surface area contributed by atoms with Crippen LogP contribution in [0.5, 0.6) is 0 Å². The second-order valence-corrected chi connectivity index (χ2v) is 5.94. The number of rotatable bonds is 5. The van der Waals surface area contributed by atoms with Crippen molar-refractivity contribution in [2.24, 2.45) is 7.05 Å². The van der Waals surface area contributed by atoms with Gasteiger partial charge in [-0.15, -0.1) is 0 Å². The van der Waals surface area contributed by atoms with E-state index in [0.29, 0.717) is 6.54 Å². The molecule has 7 nitrogen and oxygen atoms in total. The Hall–Kier alpha value is -2.15. The average molecular weight is 316 g/mol. The SMILES string of the molecule is CCc1nccn1CC(=O)N1CCN(Cc2nccn2C)CC1. The Bertz CT molecular complexity index is 653. The second kappa shape index (κ2) is 6.95. The monoisotopic (exact) mass is 316 g/mol. The lowest BCUT2D eigenvalue weighted by Gasteiger charge is -2.34. The van der Waals surface area contributed by atoms with Gasteiger partial charge in [-0.1, -0.05) is 6.92 Å². The molecule has 0 unspecified atom stereocenters. The van der Waals surface area contributed by atoms with E-state index in [-0.39, 0.29) is 5.91 Å². The van der Waals surface area contributed by atoms with E-state index in [1.54, 1.807) is 6.20 Å². The van der Waals surface area contributed by atoms with Crippen LogP contribution in [-0.4, -0.2) is 61.0 Å². The van der Waals surface area contributed by atoms with Crippen LogP contribution in [0.3, 0.4) is 0 Å². The lowest BCUT2D eigenvalue weighted by Crippen LogP contribution is -2.49. The highest BCUT2D eigenvalue weighted by Gasteiger charge is 2.22. The van der Waals surface area contributed by atoms with Crippen LogP contribution >= 0.6 is 0 Å². The number of piperazine rings is 1. The summed E-state index contributed by atoms with van der Waals surface area (Å²) in [6.45, 7) is 6.63. The first-order valence-electron chi connectivity index (χ1n) is 8.13. The van der Waals surface area contributed by atoms with Crippen LogP contribution in [0.1, 0.15) is 18.6 Å². The molecule has 0 radical (unpaired) electrons. The molecule has 1 aliphatic rings. The molecule has 0 N–H and O–H groups in total. The van der Waals surface area contributed by atoms with Gasteiger partial charge in [0.25, 0.3) is 0 Å². The largest absolute Gasteiger partial charge is 0.339 e. The van der Waals surface area contributed by atoms with Crippen LogP contribution < -0.4 is 0 Å². The highest BCUT2D eigenvalue weighted by Crippen LogP contribution is 2.08. The first-order chi connectivity index (χ1) is 11.2. The summed E-state index contributed by atoms with van der Waals surface area (Å²) in [5, 5.41) is 0. The predicted octanol–water partition coefficient (Wildman–Crippen LogP) is 0.523. The van der Waals surface area contributed by atoms with Gasteiger partial charge in [0.2, 0.25) is 5.91 Å². The van der Waals surface area contributed by atoms with E-state index in [4.69, 9.17) is 0 Å². The van der Waals surface area contributed by atoms with Crippen LogP contribution in [0.25, 0.3) is 0 Å². The molecule has 7 heteroatoms. The summed E-state index contributed by atoms with van der Waals surface area (Å²) in [5.41, 5.74) is 0. The van der Waals surface area contributed by atoms with Gasteiger partial charge in [0.05, 0.1) is 6.54 Å². The molecule has 0 aromatic carbocycles. The van der Waals surface area contributed by atoms with E-state index in [9.17, 15) is 4.79 Å². The van der Waals surface area contributed by atoms with Crippen molar-refractivity contribution in [2.45, 2.75) is 26.4 Å². The molecule has 3 heterocycles. The minimum Gasteiger partial charge on any atom is -0.339 e. The molecule has 0 atom stereocenters. The maximum absolute atomic E-state index is 12.5. The summed E-state index contributed by atoms with van der Waals surface area (Å²) in [4.78, 5) is 25.4. The van der Waals surface area contributed by atoms with E-state index in [2.05, 4.69) is 21.8 Å². The Morgan fingerprint density at radius 2 is 1.78 bits per heavy atom. The van der Waals surface area contributed by atoms with E-state index in [1.165, 1.54) is 0 Å². The van der Waals surface area contributed by atoms with Crippen molar-refractivity contribution in [2.75, 3.05) is 26.2 Å². The third-order valence-corrected chi connectivity index (χ3v) is 4.43. The van der Waals surface area contributed by atoms with Gasteiger partial charge >= 0.3 is 0 Å². The molecule has 0 bridgehead atoms. The molecule has 2 aromatic rings. The van der Waals surface area contributed by atoms with Crippen molar-refractivity contribution in [3.63, 3.8) is 0 Å². The Balaban J connectivity index is 1.50. The van der Waals surface area contributed by atoms with Crippen LogP contribution in [0.4, 0.5) is 0 Å². The fourth-order valence-electron chi connectivity index (χ4n) is 2.95. The Kier molecular flexibility index (Phi) is 4.76. The first-order valence-corrected chi connectivity index (χ1v) is 8.13. The third-order valence-electron chi connectivity index (χ3n) is 4.43. The zero-order valence-corrected chi connectivity index (χ0v) is 13.9. The number of imidazole rings is 2. The Morgan fingerprint density at radius 1 is 1.09 bits per heavy atom. The maximum Gasteiger partial charge on any atom is 0.242 e. The van der Waals surface area contributed by atoms with Crippen LogP contribution in [0, 0.1) is 0 Å². The molecule has 1 fully saturated rings. The molecule has 0 saturated carbocycles. The van der Waals surface area contributed by atoms with Crippen molar-refractivity contribution in [1.29, 1.82) is 0 Å². The Labute approximate surface area is 136 Å². The Morgan fingerprint density at radius 3 is 2.43 bits per heavy atom. The highest BCUT2D eigenvalue weighted by molar-refractivity contribution is 5.76. The molecular weight excluding hydrogens is 292 g/mol. The smallest absolute Gasteiger partial charge is 0.242 e. The molecule has 2 aromatic heterocycles. The molecular formula is C16H24N6O. The number of hydrogen-bond donors (Lipinski definition) is 0. The normalized spacial score (nSPS) is 16.0. The molecule has 1 amide bonds. The highest BCUT2D eigenvalue weighted by atomic mass is 16.2. The molecule has 23 heavy (non-hydrogen) atoms. The quantitative estimate of drug-likeness (QED) is 0.807. The molecule has 0 aliphatic carbocycles. The number of nitrogens with zero attached hydrogens (tertiary/aromatic N) is 6. The number of aromatic nitrogens is 4. The summed E-state index contributed by atoms with van der Waals surface area (Å²) in [6, 6.07) is 0. The number of amides is 1. The van der Waals surface area contributed by atoms with Crippen molar-refractivity contribution in [3.05, 3.63) is 36.4 Å². The fourth-order valence-corrected chi connectivity index (χ4v) is 2.95. The van der Waals surface area contributed by atoms with Crippen LogP contribution in [-0.2, 0) is 31.4 Å². The van der Waals surface area contributed by atoms with Crippen LogP contribution in [0.15, 0.2) is 24.8 Å². The van der Waals surface area contributed by atoms with Crippen molar-refractivity contribution >= 4 is 5.91 Å². The molecule has 1 saturated heterocycles. The number of carbonyl (C=O) groups is 1. The van der Waals surface area contributed by atoms with E-state index in [1.807, 2.05) is 39.7 Å². The van der Waals surface area contributed by atoms with E-state index >= 15 is 0 Å². The summed E-state index contributed by atoms with van der Waals surface area (Å²) in [5.74, 6) is 2.21. The zero-order valence-electron chi connectivity index (χ0n) is 13.9. The summed E-state index contributed by atoms with van der Waals surface area (Å²) in [6.07, 6.45) is 8.28. The van der Waals surface area contributed by atoms with Gasteiger partial charge in [-0.2, -0.15) is 0 Å². The van der Waals surface area contributed by atoms with Crippen molar-refractivity contribution in [3.8, 4) is 0 Å². The number of hydrogen-bond acceptors (Lipinski definition) is 4. The lowest BCUT2D eigenvalue weighted by molar-refractivity contribution is -0.133. The lowest BCUT2D eigenvalue weighted by atomic mass is 10.3. The van der Waals surface area contributed by atoms with Crippen molar-refractivity contribution < 1.29 is 4.79 Å². The zero-order chi connectivity index (χ0) is 16.2. The van der Waals surface area contributed by atoms with Crippen molar-refractivity contribution in [1.82, 2.24) is 28.9 Å². The summed E-state index contributed by atoms with van der Waals surface area (Å²) < 4.78 is 3.99. The topological polar surface area (TPSA) is 59.2 Å². The maximum atomic E-state index is 12.5. The molecule has 1 aliphatic heterocycles. The standard InChI is InChI=1S/C16H24N6O/c1-3-14-17-5-7-22(14)13-16(23)21-10-8-20(9-11-21)12-15-18-4-6-19(15)2/h4-7H,3,8-13H2,1-2H3. The van der Waals surface area contributed by atoms with Gasteiger partial charge in [0.15, 0.2) is 0 Å². The molecule has 3 rings (SSSR count). The number of aryl methyl sites for hydroxylation is 2. The first kappa shape index (κ1) is 15.7. The van der Waals surface area contributed by atoms with Gasteiger partial charge in [-0.05, 0) is 0 Å². The minimum absolute atomic E-state index is 0.175. The van der Waals surface area contributed by atoms with Gasteiger partial charge in [-0.25, -0.2) is 9.97 Å². The van der Waals surface area contributed by atoms with E-state index < -0.39 is 0 Å². The predicted molar refractivity (Wildman–Crippen MR) is 86.7 cm³/mol. The van der Waals surface area contributed by atoms with Gasteiger partial charge < -0.3 is 14.0 Å². The summed E-state index contributed by atoms with van der Waals surface area (Å²) in [7, 11) is 2.01. The molecule has 124 valence electrons. The second-order valence-electron chi connectivity index (χ2n) is 5.94. The van der Waals surface area contributed by atoms with E-state index in [0.717, 1.165) is 50.8 Å². The summed E-state index contributed by atoms with van der Waals surface area (Å²) >= 11 is 0. The van der Waals surface area contributed by atoms with Gasteiger partial charge in [0.1, 0.15) is 18.2 Å². The molecule has 0 spiro atoms. The minimum atomic E-state index is 0.175. The number of carbonyl (C=O) groups excluding carboxylic acids is 1. The third kappa shape index (κ3) is 3.61.